The molecule has 13 heavy (non-hydrogen) atoms. The molecule has 1 aromatic rings. The predicted molar refractivity (Wildman–Crippen MR) is 53.7 cm³/mol. The average Bonchev–Trinajstić information content (AvgIpc) is 2.77. The molecule has 0 radical (unpaired) electrons. The maximum Gasteiger partial charge on any atom is 0.0919 e. The van der Waals surface area contributed by atoms with Crippen LogP contribution in [0.3, 0.4) is 0 Å². The molecule has 0 atom stereocenters. The molecule has 0 bridgehead atoms. The summed E-state index contributed by atoms with van der Waals surface area (Å²) < 4.78 is 0. The second-order valence-electron chi connectivity index (χ2n) is 3.72. The Morgan fingerprint density at radius 1 is 1.46 bits per heavy atom. The average molecular weight is 198 g/mol. The largest absolute Gasteiger partial charge is 0.398 e. The molecule has 3 N–H and O–H groups in total. The van der Waals surface area contributed by atoms with Gasteiger partial charge in [-0.2, -0.15) is 0 Å². The summed E-state index contributed by atoms with van der Waals surface area (Å²) >= 11 is 5.95. The third-order valence-electron chi connectivity index (χ3n) is 2.56. The zero-order valence-corrected chi connectivity index (χ0v) is 8.23. The molecule has 1 aromatic carbocycles. The van der Waals surface area contributed by atoms with Crippen LogP contribution >= 0.6 is 11.6 Å². The van der Waals surface area contributed by atoms with Crippen molar-refractivity contribution in [3.8, 4) is 0 Å². The van der Waals surface area contributed by atoms with Gasteiger partial charge in [0.1, 0.15) is 0 Å². The molecule has 1 aliphatic carbocycles. The Hall–Kier alpha value is -0.730. The highest BCUT2D eigenvalue weighted by atomic mass is 35.5. The van der Waals surface area contributed by atoms with Gasteiger partial charge in [-0.15, -0.1) is 0 Å². The molecule has 0 spiro atoms. The highest BCUT2D eigenvalue weighted by Crippen LogP contribution is 2.48. The SMILES string of the molecule is Cc1cc(N)c(C2(O)CC2)cc1Cl. The van der Waals surface area contributed by atoms with Crippen molar-refractivity contribution in [2.45, 2.75) is 25.4 Å². The van der Waals surface area contributed by atoms with Gasteiger partial charge in [0.2, 0.25) is 0 Å². The van der Waals surface area contributed by atoms with Gasteiger partial charge >= 0.3 is 0 Å². The van der Waals surface area contributed by atoms with Gasteiger partial charge in [-0.25, -0.2) is 0 Å². The lowest BCUT2D eigenvalue weighted by Gasteiger charge is -2.12. The summed E-state index contributed by atoms with van der Waals surface area (Å²) in [5.41, 5.74) is 7.48. The topological polar surface area (TPSA) is 46.2 Å². The fourth-order valence-electron chi connectivity index (χ4n) is 1.49. The molecule has 0 unspecified atom stereocenters. The van der Waals surface area contributed by atoms with E-state index in [0.717, 1.165) is 24.0 Å². The van der Waals surface area contributed by atoms with E-state index in [2.05, 4.69) is 0 Å². The fourth-order valence-corrected chi connectivity index (χ4v) is 1.66. The summed E-state index contributed by atoms with van der Waals surface area (Å²) in [6.07, 6.45) is 1.58. The fraction of sp³-hybridized carbons (Fsp3) is 0.400. The van der Waals surface area contributed by atoms with Crippen LogP contribution in [-0.4, -0.2) is 5.11 Å². The van der Waals surface area contributed by atoms with Crippen molar-refractivity contribution in [3.63, 3.8) is 0 Å². The lowest BCUT2D eigenvalue weighted by molar-refractivity contribution is 0.152. The molecular formula is C10H12ClNO. The van der Waals surface area contributed by atoms with E-state index in [0.29, 0.717) is 10.7 Å². The summed E-state index contributed by atoms with van der Waals surface area (Å²) in [7, 11) is 0. The summed E-state index contributed by atoms with van der Waals surface area (Å²) in [4.78, 5) is 0. The van der Waals surface area contributed by atoms with Gasteiger partial charge in [-0.05, 0) is 37.5 Å². The van der Waals surface area contributed by atoms with Crippen molar-refractivity contribution in [3.05, 3.63) is 28.3 Å². The maximum absolute atomic E-state index is 9.86. The normalized spacial score (nSPS) is 18.7. The summed E-state index contributed by atoms with van der Waals surface area (Å²) in [6, 6.07) is 3.59. The summed E-state index contributed by atoms with van der Waals surface area (Å²) in [6.45, 7) is 1.90. The Bertz CT molecular complexity index is 358. The molecule has 0 aliphatic heterocycles. The summed E-state index contributed by atoms with van der Waals surface area (Å²) in [5, 5.41) is 10.5. The van der Waals surface area contributed by atoms with Crippen molar-refractivity contribution < 1.29 is 5.11 Å². The molecule has 0 aromatic heterocycles. The Kier molecular flexibility index (Phi) is 1.79. The van der Waals surface area contributed by atoms with E-state index in [9.17, 15) is 5.11 Å². The van der Waals surface area contributed by atoms with Crippen LogP contribution in [-0.2, 0) is 5.60 Å². The van der Waals surface area contributed by atoms with E-state index >= 15 is 0 Å². The van der Waals surface area contributed by atoms with Crippen molar-refractivity contribution in [1.82, 2.24) is 0 Å². The monoisotopic (exact) mass is 197 g/mol. The van der Waals surface area contributed by atoms with E-state index in [1.54, 1.807) is 6.07 Å². The highest BCUT2D eigenvalue weighted by molar-refractivity contribution is 6.31. The van der Waals surface area contributed by atoms with Crippen LogP contribution in [0.25, 0.3) is 0 Å². The van der Waals surface area contributed by atoms with Crippen molar-refractivity contribution in [2.24, 2.45) is 0 Å². The van der Waals surface area contributed by atoms with Gasteiger partial charge in [0.05, 0.1) is 5.60 Å². The van der Waals surface area contributed by atoms with Crippen LogP contribution in [0.2, 0.25) is 5.02 Å². The number of rotatable bonds is 1. The van der Waals surface area contributed by atoms with E-state index in [4.69, 9.17) is 17.3 Å². The molecule has 0 saturated heterocycles. The summed E-state index contributed by atoms with van der Waals surface area (Å²) in [5.74, 6) is 0. The van der Waals surface area contributed by atoms with Gasteiger partial charge in [0.25, 0.3) is 0 Å². The molecule has 2 rings (SSSR count). The minimum atomic E-state index is -0.693. The second kappa shape index (κ2) is 2.63. The van der Waals surface area contributed by atoms with Crippen molar-refractivity contribution in [2.75, 3.05) is 5.73 Å². The van der Waals surface area contributed by atoms with Crippen LogP contribution < -0.4 is 5.73 Å². The molecule has 70 valence electrons. The van der Waals surface area contributed by atoms with Crippen LogP contribution in [0.15, 0.2) is 12.1 Å². The number of nitrogens with two attached hydrogens (primary N) is 1. The molecular weight excluding hydrogens is 186 g/mol. The Morgan fingerprint density at radius 2 is 2.08 bits per heavy atom. The number of halogens is 1. The molecule has 2 nitrogen and oxygen atoms in total. The number of benzene rings is 1. The number of hydrogen-bond donors (Lipinski definition) is 2. The second-order valence-corrected chi connectivity index (χ2v) is 4.13. The van der Waals surface area contributed by atoms with Gasteiger partial charge in [-0.1, -0.05) is 11.6 Å². The lowest BCUT2D eigenvalue weighted by atomic mass is 10.0. The predicted octanol–water partition coefficient (Wildman–Crippen LogP) is 2.21. The molecule has 1 fully saturated rings. The zero-order chi connectivity index (χ0) is 9.64. The van der Waals surface area contributed by atoms with E-state index in [1.807, 2.05) is 13.0 Å². The van der Waals surface area contributed by atoms with E-state index < -0.39 is 5.60 Å². The van der Waals surface area contributed by atoms with Crippen LogP contribution in [0.4, 0.5) is 5.69 Å². The number of aryl methyl sites for hydroxylation is 1. The van der Waals surface area contributed by atoms with Gasteiger partial charge in [0.15, 0.2) is 0 Å². The van der Waals surface area contributed by atoms with Crippen molar-refractivity contribution >= 4 is 17.3 Å². The van der Waals surface area contributed by atoms with Crippen LogP contribution in [0.5, 0.6) is 0 Å². The first-order valence-electron chi connectivity index (χ1n) is 4.31. The third kappa shape index (κ3) is 1.40. The van der Waals surface area contributed by atoms with Crippen LogP contribution in [0, 0.1) is 6.92 Å². The van der Waals surface area contributed by atoms with E-state index in [-0.39, 0.29) is 0 Å². The smallest absolute Gasteiger partial charge is 0.0919 e. The first-order chi connectivity index (χ1) is 6.03. The van der Waals surface area contributed by atoms with Crippen molar-refractivity contribution in [1.29, 1.82) is 0 Å². The first-order valence-corrected chi connectivity index (χ1v) is 4.69. The standard InChI is InChI=1S/C10H12ClNO/c1-6-4-9(12)7(5-8(6)11)10(13)2-3-10/h4-5,13H,2-3,12H2,1H3. The number of anilines is 1. The first kappa shape index (κ1) is 8.85. The Labute approximate surface area is 82.3 Å². The minimum absolute atomic E-state index is 0.641. The molecule has 3 heteroatoms. The number of aliphatic hydroxyl groups is 1. The minimum Gasteiger partial charge on any atom is -0.398 e. The lowest BCUT2D eigenvalue weighted by Crippen LogP contribution is -2.08. The van der Waals surface area contributed by atoms with Crippen LogP contribution in [0.1, 0.15) is 24.0 Å². The maximum atomic E-state index is 9.86. The third-order valence-corrected chi connectivity index (χ3v) is 2.96. The van der Waals surface area contributed by atoms with Gasteiger partial charge in [0, 0.05) is 16.3 Å². The molecule has 1 aliphatic rings. The van der Waals surface area contributed by atoms with E-state index in [1.165, 1.54) is 0 Å². The highest BCUT2D eigenvalue weighted by Gasteiger charge is 2.43. The Balaban J connectivity index is 2.52. The quantitative estimate of drug-likeness (QED) is 0.679. The van der Waals surface area contributed by atoms with Gasteiger partial charge < -0.3 is 10.8 Å². The van der Waals surface area contributed by atoms with Gasteiger partial charge in [-0.3, -0.25) is 0 Å². The Morgan fingerprint density at radius 3 is 2.62 bits per heavy atom. The zero-order valence-electron chi connectivity index (χ0n) is 7.47. The number of hydrogen-bond acceptors (Lipinski definition) is 2. The molecule has 1 saturated carbocycles. The molecule has 0 heterocycles. The molecule has 0 amide bonds. The number of nitrogen functional groups attached to an aromatic ring is 1.